The molecule has 124 valence electrons. The number of ether oxygens (including phenoxy) is 1. The van der Waals surface area contributed by atoms with Gasteiger partial charge in [-0.1, -0.05) is 18.2 Å². The van der Waals surface area contributed by atoms with Crippen LogP contribution in [0.4, 0.5) is 0 Å². The van der Waals surface area contributed by atoms with Gasteiger partial charge in [0.2, 0.25) is 10.0 Å². The molecule has 4 rings (SSSR count). The summed E-state index contributed by atoms with van der Waals surface area (Å²) in [5.74, 6) is 0.763. The molecule has 0 bridgehead atoms. The Balaban J connectivity index is 1.61. The summed E-state index contributed by atoms with van der Waals surface area (Å²) in [5.41, 5.74) is 1.54. The Bertz CT molecular complexity index is 969. The van der Waals surface area contributed by atoms with Crippen molar-refractivity contribution in [3.8, 4) is 0 Å². The third-order valence-corrected chi connectivity index (χ3v) is 5.43. The lowest BCUT2D eigenvalue weighted by Crippen LogP contribution is -2.35. The van der Waals surface area contributed by atoms with Crippen LogP contribution in [0.5, 0.6) is 0 Å². The zero-order valence-electron chi connectivity index (χ0n) is 12.8. The summed E-state index contributed by atoms with van der Waals surface area (Å²) < 4.78 is 35.0. The number of pyridine rings is 1. The number of nitrogens with zero attached hydrogens (tertiary/aromatic N) is 3. The second-order valence-electron chi connectivity index (χ2n) is 5.58. The number of benzene rings is 1. The maximum absolute atomic E-state index is 12.4. The molecule has 0 radical (unpaired) electrons. The molecular weight excluding hydrogens is 328 g/mol. The van der Waals surface area contributed by atoms with E-state index in [0.717, 1.165) is 17.0 Å². The van der Waals surface area contributed by atoms with Crippen molar-refractivity contribution in [2.45, 2.75) is 17.5 Å². The number of sulfonamides is 1. The molecule has 24 heavy (non-hydrogen) atoms. The summed E-state index contributed by atoms with van der Waals surface area (Å²) in [6, 6.07) is 11.8. The van der Waals surface area contributed by atoms with E-state index in [2.05, 4.69) is 14.7 Å². The van der Waals surface area contributed by atoms with Crippen LogP contribution in [0.2, 0.25) is 0 Å². The Morgan fingerprint density at radius 2 is 2.04 bits per heavy atom. The lowest BCUT2D eigenvalue weighted by molar-refractivity contribution is 0.0578. The first kappa shape index (κ1) is 15.3. The number of hydrogen-bond donors (Lipinski definition) is 1. The molecule has 3 aromatic rings. The molecule has 0 saturated heterocycles. The highest BCUT2D eigenvalue weighted by atomic mass is 32.2. The fraction of sp³-hybridized carbons (Fsp3) is 0.250. The van der Waals surface area contributed by atoms with Crippen LogP contribution in [-0.4, -0.2) is 36.1 Å². The van der Waals surface area contributed by atoms with Crippen LogP contribution in [0.25, 0.3) is 11.2 Å². The predicted molar refractivity (Wildman–Crippen MR) is 87.9 cm³/mol. The van der Waals surface area contributed by atoms with Crippen molar-refractivity contribution in [1.29, 1.82) is 0 Å². The van der Waals surface area contributed by atoms with Gasteiger partial charge >= 0.3 is 0 Å². The number of rotatable bonds is 4. The Hall–Kier alpha value is -2.29. The number of aromatic nitrogens is 3. The number of imidazole rings is 1. The van der Waals surface area contributed by atoms with E-state index >= 15 is 0 Å². The first-order valence-electron chi connectivity index (χ1n) is 7.59. The van der Waals surface area contributed by atoms with Crippen LogP contribution in [0, 0.1) is 0 Å². The summed E-state index contributed by atoms with van der Waals surface area (Å²) >= 11 is 0. The van der Waals surface area contributed by atoms with Gasteiger partial charge in [-0.05, 0) is 24.3 Å². The van der Waals surface area contributed by atoms with Gasteiger partial charge in [0.25, 0.3) is 0 Å². The molecule has 0 amide bonds. The van der Waals surface area contributed by atoms with Crippen LogP contribution in [-0.2, 0) is 21.4 Å². The highest BCUT2D eigenvalue weighted by Crippen LogP contribution is 2.24. The Morgan fingerprint density at radius 3 is 2.88 bits per heavy atom. The zero-order valence-corrected chi connectivity index (χ0v) is 13.6. The third-order valence-electron chi connectivity index (χ3n) is 3.99. The Kier molecular flexibility index (Phi) is 3.79. The van der Waals surface area contributed by atoms with Crippen LogP contribution >= 0.6 is 0 Å². The van der Waals surface area contributed by atoms with Crippen molar-refractivity contribution in [2.24, 2.45) is 0 Å². The highest BCUT2D eigenvalue weighted by molar-refractivity contribution is 7.89. The molecule has 0 fully saturated rings. The van der Waals surface area contributed by atoms with Crippen molar-refractivity contribution >= 4 is 21.2 Å². The summed E-state index contributed by atoms with van der Waals surface area (Å²) in [6.45, 7) is 1.02. The van der Waals surface area contributed by atoms with E-state index in [9.17, 15) is 8.42 Å². The zero-order chi connectivity index (χ0) is 16.6. The topological polar surface area (TPSA) is 86.1 Å². The quantitative estimate of drug-likeness (QED) is 0.775. The predicted octanol–water partition coefficient (Wildman–Crippen LogP) is 1.48. The van der Waals surface area contributed by atoms with E-state index < -0.39 is 10.0 Å². The van der Waals surface area contributed by atoms with Gasteiger partial charge in [0.15, 0.2) is 5.65 Å². The molecular formula is C16H16N4O3S. The molecule has 1 aliphatic heterocycles. The van der Waals surface area contributed by atoms with Crippen LogP contribution in [0.15, 0.2) is 53.6 Å². The van der Waals surface area contributed by atoms with Gasteiger partial charge in [0.05, 0.1) is 17.5 Å². The minimum Gasteiger partial charge on any atom is -0.371 e. The third kappa shape index (κ3) is 2.68. The molecule has 0 saturated carbocycles. The highest BCUT2D eigenvalue weighted by Gasteiger charge is 2.26. The van der Waals surface area contributed by atoms with Crippen molar-refractivity contribution in [1.82, 2.24) is 19.3 Å². The fourth-order valence-corrected chi connectivity index (χ4v) is 3.96. The van der Waals surface area contributed by atoms with Gasteiger partial charge in [-0.15, -0.1) is 0 Å². The molecule has 0 spiro atoms. The lowest BCUT2D eigenvalue weighted by Gasteiger charge is -2.25. The minimum atomic E-state index is -3.56. The smallest absolute Gasteiger partial charge is 0.240 e. The average Bonchev–Trinajstić information content (AvgIpc) is 3.00. The van der Waals surface area contributed by atoms with Crippen molar-refractivity contribution in [2.75, 3.05) is 13.2 Å². The molecule has 1 aromatic carbocycles. The van der Waals surface area contributed by atoms with Gasteiger partial charge in [0.1, 0.15) is 17.9 Å². The largest absolute Gasteiger partial charge is 0.371 e. The number of fused-ring (bicyclic) bond motifs is 3. The SMILES string of the molecule is O=S(=O)(NC[C@H]1COCc2nc3cccnc3n21)c1ccccc1. The second kappa shape index (κ2) is 5.97. The maximum Gasteiger partial charge on any atom is 0.240 e. The van der Waals surface area contributed by atoms with Gasteiger partial charge < -0.3 is 9.30 Å². The fourth-order valence-electron chi connectivity index (χ4n) is 2.86. The molecule has 3 heterocycles. The summed E-state index contributed by atoms with van der Waals surface area (Å²) in [5, 5.41) is 0. The standard InChI is InChI=1S/C16H16N4O3S/c21-24(22,13-5-2-1-3-6-13)18-9-12-10-23-11-15-19-14-7-4-8-17-16(14)20(12)15/h1-8,12,18H,9-11H2/t12-/m0/s1. The number of hydrogen-bond acceptors (Lipinski definition) is 5. The van der Waals surface area contributed by atoms with Crippen molar-refractivity contribution < 1.29 is 13.2 Å². The van der Waals surface area contributed by atoms with E-state index in [0.29, 0.717) is 13.2 Å². The van der Waals surface area contributed by atoms with Gasteiger partial charge in [-0.2, -0.15) is 0 Å². The summed E-state index contributed by atoms with van der Waals surface area (Å²) in [7, 11) is -3.56. The van der Waals surface area contributed by atoms with Crippen molar-refractivity contribution in [3.63, 3.8) is 0 Å². The molecule has 1 N–H and O–H groups in total. The normalized spacial score (nSPS) is 17.8. The summed E-state index contributed by atoms with van der Waals surface area (Å²) in [6.07, 6.45) is 1.71. The second-order valence-corrected chi connectivity index (χ2v) is 7.35. The summed E-state index contributed by atoms with van der Waals surface area (Å²) in [4.78, 5) is 9.13. The van der Waals surface area contributed by atoms with Gasteiger partial charge in [-0.25, -0.2) is 23.1 Å². The molecule has 8 heteroatoms. The van der Waals surface area contributed by atoms with Crippen LogP contribution in [0.3, 0.4) is 0 Å². The van der Waals surface area contributed by atoms with E-state index in [1.54, 1.807) is 36.5 Å². The van der Waals surface area contributed by atoms with Gasteiger partial charge in [0, 0.05) is 12.7 Å². The first-order valence-corrected chi connectivity index (χ1v) is 9.08. The van der Waals surface area contributed by atoms with Crippen molar-refractivity contribution in [3.05, 3.63) is 54.5 Å². The van der Waals surface area contributed by atoms with Crippen LogP contribution in [0.1, 0.15) is 11.9 Å². The molecule has 2 aromatic heterocycles. The van der Waals surface area contributed by atoms with E-state index in [1.807, 2.05) is 16.7 Å². The Labute approximate surface area is 139 Å². The Morgan fingerprint density at radius 1 is 1.21 bits per heavy atom. The monoisotopic (exact) mass is 344 g/mol. The maximum atomic E-state index is 12.4. The first-order chi connectivity index (χ1) is 11.6. The number of nitrogens with one attached hydrogen (secondary N) is 1. The molecule has 0 aliphatic carbocycles. The van der Waals surface area contributed by atoms with E-state index in [1.165, 1.54) is 0 Å². The molecule has 1 atom stereocenters. The lowest BCUT2D eigenvalue weighted by atomic mass is 10.3. The average molecular weight is 344 g/mol. The van der Waals surface area contributed by atoms with Gasteiger partial charge in [-0.3, -0.25) is 0 Å². The minimum absolute atomic E-state index is 0.188. The molecule has 7 nitrogen and oxygen atoms in total. The van der Waals surface area contributed by atoms with E-state index in [4.69, 9.17) is 4.74 Å². The molecule has 1 aliphatic rings. The van der Waals surface area contributed by atoms with Crippen LogP contribution < -0.4 is 4.72 Å². The molecule has 0 unspecified atom stereocenters. The van der Waals surface area contributed by atoms with E-state index in [-0.39, 0.29) is 17.5 Å².